The SMILES string of the molecule is CC(=O)C(=O)NCCc1ccc(OC(C)C)cc1. The van der Waals surface area contributed by atoms with Gasteiger partial charge in [0.1, 0.15) is 5.75 Å². The van der Waals surface area contributed by atoms with Crippen LogP contribution in [0.25, 0.3) is 0 Å². The number of benzene rings is 1. The molecule has 0 bridgehead atoms. The average Bonchev–Trinajstić information content (AvgIpc) is 2.30. The highest BCUT2D eigenvalue weighted by Crippen LogP contribution is 2.13. The van der Waals surface area contributed by atoms with E-state index in [4.69, 9.17) is 4.74 Å². The topological polar surface area (TPSA) is 55.4 Å². The lowest BCUT2D eigenvalue weighted by Crippen LogP contribution is -2.30. The lowest BCUT2D eigenvalue weighted by atomic mass is 10.1. The first kappa shape index (κ1) is 14.2. The maximum atomic E-state index is 11.0. The zero-order valence-corrected chi connectivity index (χ0v) is 11.0. The summed E-state index contributed by atoms with van der Waals surface area (Å²) in [6.07, 6.45) is 0.853. The lowest BCUT2D eigenvalue weighted by molar-refractivity contribution is -0.136. The van der Waals surface area contributed by atoms with Crippen LogP contribution in [-0.2, 0) is 16.0 Å². The van der Waals surface area contributed by atoms with E-state index >= 15 is 0 Å². The molecule has 1 N–H and O–H groups in total. The molecule has 0 unspecified atom stereocenters. The molecule has 0 aliphatic carbocycles. The zero-order chi connectivity index (χ0) is 13.5. The van der Waals surface area contributed by atoms with Gasteiger partial charge in [0.25, 0.3) is 5.91 Å². The normalized spacial score (nSPS) is 10.2. The van der Waals surface area contributed by atoms with E-state index < -0.39 is 11.7 Å². The number of rotatable bonds is 6. The summed E-state index contributed by atoms with van der Waals surface area (Å²) >= 11 is 0. The minimum atomic E-state index is -0.533. The van der Waals surface area contributed by atoms with Gasteiger partial charge in [0.05, 0.1) is 6.10 Å². The van der Waals surface area contributed by atoms with Crippen molar-refractivity contribution in [1.82, 2.24) is 5.32 Å². The van der Waals surface area contributed by atoms with E-state index in [9.17, 15) is 9.59 Å². The molecule has 0 spiro atoms. The fourth-order valence-electron chi connectivity index (χ4n) is 1.45. The molecular formula is C14H19NO3. The Morgan fingerprint density at radius 1 is 1.22 bits per heavy atom. The number of carbonyl (C=O) groups is 2. The van der Waals surface area contributed by atoms with Crippen LogP contribution in [0, 0.1) is 0 Å². The summed E-state index contributed by atoms with van der Waals surface area (Å²) in [7, 11) is 0. The van der Waals surface area contributed by atoms with Gasteiger partial charge < -0.3 is 10.1 Å². The Kier molecular flexibility index (Phi) is 5.36. The molecule has 0 aromatic heterocycles. The molecule has 1 rings (SSSR count). The largest absolute Gasteiger partial charge is 0.491 e. The Balaban J connectivity index is 2.39. The highest BCUT2D eigenvalue weighted by Gasteiger charge is 2.05. The number of ketones is 1. The van der Waals surface area contributed by atoms with Crippen LogP contribution in [0.4, 0.5) is 0 Å². The molecule has 1 aromatic carbocycles. The van der Waals surface area contributed by atoms with E-state index in [1.807, 2.05) is 38.1 Å². The lowest BCUT2D eigenvalue weighted by Gasteiger charge is -2.10. The van der Waals surface area contributed by atoms with Crippen molar-refractivity contribution in [2.75, 3.05) is 6.54 Å². The highest BCUT2D eigenvalue weighted by molar-refractivity contribution is 6.35. The van der Waals surface area contributed by atoms with Crippen molar-refractivity contribution in [1.29, 1.82) is 0 Å². The van der Waals surface area contributed by atoms with Gasteiger partial charge in [-0.3, -0.25) is 9.59 Å². The van der Waals surface area contributed by atoms with Gasteiger partial charge in [0, 0.05) is 13.5 Å². The van der Waals surface area contributed by atoms with Gasteiger partial charge in [-0.05, 0) is 38.0 Å². The molecule has 0 heterocycles. The molecule has 1 amide bonds. The first-order valence-corrected chi connectivity index (χ1v) is 6.03. The molecule has 0 fully saturated rings. The minimum Gasteiger partial charge on any atom is -0.491 e. The number of nitrogens with one attached hydrogen (secondary N) is 1. The summed E-state index contributed by atoms with van der Waals surface area (Å²) < 4.78 is 5.53. The van der Waals surface area contributed by atoms with E-state index in [0.717, 1.165) is 11.3 Å². The fourth-order valence-corrected chi connectivity index (χ4v) is 1.45. The third kappa shape index (κ3) is 4.99. The molecule has 0 saturated carbocycles. The molecule has 0 saturated heterocycles. The molecule has 18 heavy (non-hydrogen) atoms. The maximum Gasteiger partial charge on any atom is 0.287 e. The van der Waals surface area contributed by atoms with Crippen LogP contribution in [0.3, 0.4) is 0 Å². The molecule has 0 radical (unpaired) electrons. The number of carbonyl (C=O) groups excluding carboxylic acids is 2. The molecule has 98 valence electrons. The quantitative estimate of drug-likeness (QED) is 0.781. The predicted octanol–water partition coefficient (Wildman–Crippen LogP) is 1.72. The summed E-state index contributed by atoms with van der Waals surface area (Å²) in [5.41, 5.74) is 1.09. The monoisotopic (exact) mass is 249 g/mol. The van der Waals surface area contributed by atoms with Gasteiger partial charge in [-0.25, -0.2) is 0 Å². The number of hydrogen-bond acceptors (Lipinski definition) is 3. The Bertz CT molecular complexity index is 410. The molecule has 4 nitrogen and oxygen atoms in total. The van der Waals surface area contributed by atoms with Crippen LogP contribution >= 0.6 is 0 Å². The second-order valence-electron chi connectivity index (χ2n) is 4.37. The van der Waals surface area contributed by atoms with E-state index in [2.05, 4.69) is 5.32 Å². The molecule has 4 heteroatoms. The van der Waals surface area contributed by atoms with Crippen LogP contribution < -0.4 is 10.1 Å². The third-order valence-electron chi connectivity index (χ3n) is 2.31. The summed E-state index contributed by atoms with van der Waals surface area (Å²) in [6.45, 7) is 5.67. The summed E-state index contributed by atoms with van der Waals surface area (Å²) in [5.74, 6) is -0.160. The average molecular weight is 249 g/mol. The summed E-state index contributed by atoms with van der Waals surface area (Å²) in [4.78, 5) is 21.7. The number of ether oxygens (including phenoxy) is 1. The standard InChI is InChI=1S/C14H19NO3/c1-10(2)18-13-6-4-12(5-7-13)8-9-15-14(17)11(3)16/h4-7,10H,8-9H2,1-3H3,(H,15,17). The summed E-state index contributed by atoms with van der Waals surface area (Å²) in [6, 6.07) is 7.72. The van der Waals surface area contributed by atoms with Crippen LogP contribution in [0.1, 0.15) is 26.3 Å². The van der Waals surface area contributed by atoms with Crippen molar-refractivity contribution >= 4 is 11.7 Å². The molecule has 0 atom stereocenters. The smallest absolute Gasteiger partial charge is 0.287 e. The molecule has 0 aliphatic rings. The fraction of sp³-hybridized carbons (Fsp3) is 0.429. The molecule has 1 aromatic rings. The van der Waals surface area contributed by atoms with E-state index in [1.165, 1.54) is 6.92 Å². The van der Waals surface area contributed by atoms with Gasteiger partial charge in [-0.2, -0.15) is 0 Å². The highest BCUT2D eigenvalue weighted by atomic mass is 16.5. The molecular weight excluding hydrogens is 230 g/mol. The van der Waals surface area contributed by atoms with Gasteiger partial charge in [-0.1, -0.05) is 12.1 Å². The van der Waals surface area contributed by atoms with Gasteiger partial charge >= 0.3 is 0 Å². The minimum absolute atomic E-state index is 0.158. The van der Waals surface area contributed by atoms with E-state index in [-0.39, 0.29) is 6.10 Å². The first-order chi connectivity index (χ1) is 8.49. The molecule has 0 aliphatic heterocycles. The number of hydrogen-bond donors (Lipinski definition) is 1. The predicted molar refractivity (Wildman–Crippen MR) is 69.6 cm³/mol. The Labute approximate surface area is 107 Å². The van der Waals surface area contributed by atoms with Crippen LogP contribution in [0.15, 0.2) is 24.3 Å². The van der Waals surface area contributed by atoms with Crippen LogP contribution in [0.2, 0.25) is 0 Å². The second kappa shape index (κ2) is 6.79. The van der Waals surface area contributed by atoms with Crippen molar-refractivity contribution in [3.05, 3.63) is 29.8 Å². The number of Topliss-reactive ketones (excluding diaryl/α,β-unsaturated/α-hetero) is 1. The Morgan fingerprint density at radius 2 is 1.83 bits per heavy atom. The van der Waals surface area contributed by atoms with Crippen molar-refractivity contribution in [2.24, 2.45) is 0 Å². The summed E-state index contributed by atoms with van der Waals surface area (Å²) in [5, 5.41) is 2.56. The zero-order valence-electron chi connectivity index (χ0n) is 11.0. The van der Waals surface area contributed by atoms with Crippen molar-refractivity contribution < 1.29 is 14.3 Å². The number of amides is 1. The van der Waals surface area contributed by atoms with Gasteiger partial charge in [-0.15, -0.1) is 0 Å². The van der Waals surface area contributed by atoms with Gasteiger partial charge in [0.15, 0.2) is 0 Å². The van der Waals surface area contributed by atoms with Crippen molar-refractivity contribution in [3.8, 4) is 5.75 Å². The third-order valence-corrected chi connectivity index (χ3v) is 2.31. The second-order valence-corrected chi connectivity index (χ2v) is 4.37. The van der Waals surface area contributed by atoms with E-state index in [1.54, 1.807) is 0 Å². The van der Waals surface area contributed by atoms with E-state index in [0.29, 0.717) is 13.0 Å². The maximum absolute atomic E-state index is 11.0. The van der Waals surface area contributed by atoms with Crippen LogP contribution in [-0.4, -0.2) is 24.3 Å². The Hall–Kier alpha value is -1.84. The van der Waals surface area contributed by atoms with Crippen molar-refractivity contribution in [3.63, 3.8) is 0 Å². The van der Waals surface area contributed by atoms with Gasteiger partial charge in [0.2, 0.25) is 5.78 Å². The van der Waals surface area contributed by atoms with Crippen molar-refractivity contribution in [2.45, 2.75) is 33.3 Å². The van der Waals surface area contributed by atoms with Crippen LogP contribution in [0.5, 0.6) is 5.75 Å². The first-order valence-electron chi connectivity index (χ1n) is 6.03. The Morgan fingerprint density at radius 3 is 2.33 bits per heavy atom.